The third kappa shape index (κ3) is 3.00. The molecule has 3 N–H and O–H groups in total. The number of aryl methyl sites for hydroxylation is 1. The minimum Gasteiger partial charge on any atom is -0.476 e. The van der Waals surface area contributed by atoms with Crippen LogP contribution in [0.2, 0.25) is 0 Å². The predicted molar refractivity (Wildman–Crippen MR) is 85.3 cm³/mol. The van der Waals surface area contributed by atoms with Crippen LogP contribution in [0.15, 0.2) is 24.3 Å². The van der Waals surface area contributed by atoms with Gasteiger partial charge in [-0.3, -0.25) is 5.10 Å². The maximum Gasteiger partial charge on any atom is 0.355 e. The van der Waals surface area contributed by atoms with Crippen LogP contribution in [0.5, 0.6) is 0 Å². The summed E-state index contributed by atoms with van der Waals surface area (Å²) in [6.07, 6.45) is 0.713. The van der Waals surface area contributed by atoms with E-state index >= 15 is 0 Å². The van der Waals surface area contributed by atoms with Crippen molar-refractivity contribution in [1.29, 1.82) is 0 Å². The summed E-state index contributed by atoms with van der Waals surface area (Å²) in [5.41, 5.74) is 2.18. The van der Waals surface area contributed by atoms with E-state index in [0.29, 0.717) is 13.0 Å². The summed E-state index contributed by atoms with van der Waals surface area (Å²) in [7, 11) is 0. The molecule has 0 saturated carbocycles. The number of aromatic carboxylic acids is 1. The molecule has 0 aliphatic rings. The lowest BCUT2D eigenvalue weighted by molar-refractivity contribution is 0.0690. The molecule has 7 heteroatoms. The van der Waals surface area contributed by atoms with E-state index in [1.165, 1.54) is 11.3 Å². The molecule has 0 aliphatic heterocycles. The summed E-state index contributed by atoms with van der Waals surface area (Å²) in [6.45, 7) is 3.21. The highest BCUT2D eigenvalue weighted by Crippen LogP contribution is 2.18. The highest BCUT2D eigenvalue weighted by Gasteiger charge is 2.13. The number of hydrogen-bond acceptors (Lipinski definition) is 5. The molecule has 0 bridgehead atoms. The average Bonchev–Trinajstić information content (AvgIpc) is 3.07. The smallest absolute Gasteiger partial charge is 0.355 e. The number of rotatable bonds is 6. The lowest BCUT2D eigenvalue weighted by Gasteiger charge is -2.01. The maximum atomic E-state index is 11.0. The van der Waals surface area contributed by atoms with E-state index in [0.717, 1.165) is 33.0 Å². The molecule has 3 aromatic rings. The Morgan fingerprint density at radius 3 is 3.00 bits per heavy atom. The van der Waals surface area contributed by atoms with Crippen LogP contribution in [0.4, 0.5) is 0 Å². The van der Waals surface area contributed by atoms with Gasteiger partial charge in [0.2, 0.25) is 0 Å². The minimum absolute atomic E-state index is 0.166. The molecule has 0 fully saturated rings. The van der Waals surface area contributed by atoms with Crippen LogP contribution < -0.4 is 5.32 Å². The van der Waals surface area contributed by atoms with Gasteiger partial charge in [-0.05, 0) is 13.0 Å². The Balaban J connectivity index is 1.55. The van der Waals surface area contributed by atoms with Gasteiger partial charge in [0, 0.05) is 29.8 Å². The van der Waals surface area contributed by atoms with Crippen molar-refractivity contribution in [2.24, 2.45) is 0 Å². The standard InChI is InChI=1S/C15H16N4O2S/c1-9-14(15(20)21)17-13(22-9)6-7-16-8-12-10-4-2-3-5-11(10)18-19-12/h2-5,16H,6-8H2,1H3,(H,18,19)(H,20,21). The van der Waals surface area contributed by atoms with Gasteiger partial charge in [-0.2, -0.15) is 5.10 Å². The second kappa shape index (κ2) is 6.25. The molecule has 0 amide bonds. The molecule has 0 aliphatic carbocycles. The third-order valence-corrected chi connectivity index (χ3v) is 4.43. The number of hydrogen-bond donors (Lipinski definition) is 3. The van der Waals surface area contributed by atoms with Gasteiger partial charge < -0.3 is 10.4 Å². The van der Waals surface area contributed by atoms with Gasteiger partial charge in [0.1, 0.15) is 0 Å². The second-order valence-corrected chi connectivity index (χ2v) is 6.25. The predicted octanol–water partition coefficient (Wildman–Crippen LogP) is 2.36. The van der Waals surface area contributed by atoms with Crippen molar-refractivity contribution in [1.82, 2.24) is 20.5 Å². The molecular weight excluding hydrogens is 300 g/mol. The number of nitrogens with zero attached hydrogens (tertiary/aromatic N) is 2. The molecule has 3 rings (SSSR count). The molecule has 114 valence electrons. The molecule has 0 saturated heterocycles. The number of carbonyl (C=O) groups is 1. The van der Waals surface area contributed by atoms with Gasteiger partial charge in [-0.1, -0.05) is 18.2 Å². The summed E-state index contributed by atoms with van der Waals surface area (Å²) in [6, 6.07) is 7.97. The van der Waals surface area contributed by atoms with Crippen molar-refractivity contribution in [3.63, 3.8) is 0 Å². The van der Waals surface area contributed by atoms with E-state index < -0.39 is 5.97 Å². The number of thiazole rings is 1. The monoisotopic (exact) mass is 316 g/mol. The minimum atomic E-state index is -0.961. The zero-order chi connectivity index (χ0) is 15.5. The first kappa shape index (κ1) is 14.7. The summed E-state index contributed by atoms with van der Waals surface area (Å²) in [4.78, 5) is 15.9. The van der Waals surface area contributed by atoms with Crippen molar-refractivity contribution in [3.05, 3.63) is 45.5 Å². The number of nitrogens with one attached hydrogen (secondary N) is 2. The Morgan fingerprint density at radius 2 is 2.23 bits per heavy atom. The van der Waals surface area contributed by atoms with Crippen LogP contribution in [0.25, 0.3) is 10.9 Å². The normalized spacial score (nSPS) is 11.1. The van der Waals surface area contributed by atoms with Crippen LogP contribution in [0.1, 0.15) is 26.1 Å². The number of fused-ring (bicyclic) bond motifs is 1. The molecule has 6 nitrogen and oxygen atoms in total. The quantitative estimate of drug-likeness (QED) is 0.607. The van der Waals surface area contributed by atoms with Gasteiger partial charge in [-0.25, -0.2) is 9.78 Å². The fourth-order valence-corrected chi connectivity index (χ4v) is 3.24. The molecule has 0 spiro atoms. The largest absolute Gasteiger partial charge is 0.476 e. The lowest BCUT2D eigenvalue weighted by atomic mass is 10.2. The fourth-order valence-electron chi connectivity index (χ4n) is 2.31. The first-order chi connectivity index (χ1) is 10.6. The topological polar surface area (TPSA) is 90.9 Å². The summed E-state index contributed by atoms with van der Waals surface area (Å²) < 4.78 is 0. The number of para-hydroxylation sites is 1. The number of benzene rings is 1. The van der Waals surface area contributed by atoms with Crippen molar-refractivity contribution in [3.8, 4) is 0 Å². The number of aromatic nitrogens is 3. The van der Waals surface area contributed by atoms with Crippen LogP contribution in [0.3, 0.4) is 0 Å². The van der Waals surface area contributed by atoms with Crippen LogP contribution in [-0.4, -0.2) is 32.8 Å². The van der Waals surface area contributed by atoms with Crippen LogP contribution in [-0.2, 0) is 13.0 Å². The highest BCUT2D eigenvalue weighted by molar-refractivity contribution is 7.11. The van der Waals surface area contributed by atoms with Crippen molar-refractivity contribution in [2.45, 2.75) is 19.9 Å². The maximum absolute atomic E-state index is 11.0. The van der Waals surface area contributed by atoms with Crippen molar-refractivity contribution >= 4 is 28.2 Å². The number of carboxylic acids is 1. The fraction of sp³-hybridized carbons (Fsp3) is 0.267. The summed E-state index contributed by atoms with van der Waals surface area (Å²) in [5, 5.41) is 21.6. The Bertz CT molecular complexity index is 809. The van der Waals surface area contributed by atoms with Crippen molar-refractivity contribution in [2.75, 3.05) is 6.54 Å². The summed E-state index contributed by atoms with van der Waals surface area (Å²) >= 11 is 1.44. The molecule has 0 atom stereocenters. The van der Waals surface area contributed by atoms with E-state index in [1.54, 1.807) is 6.92 Å². The van der Waals surface area contributed by atoms with Gasteiger partial charge in [0.05, 0.1) is 16.2 Å². The molecule has 1 aromatic carbocycles. The third-order valence-electron chi connectivity index (χ3n) is 3.40. The Labute approximate surface area is 131 Å². The highest BCUT2D eigenvalue weighted by atomic mass is 32.1. The molecular formula is C15H16N4O2S. The summed E-state index contributed by atoms with van der Waals surface area (Å²) in [5.74, 6) is -0.961. The van der Waals surface area contributed by atoms with Gasteiger partial charge in [0.25, 0.3) is 0 Å². The Hall–Kier alpha value is -2.25. The van der Waals surface area contributed by atoms with Gasteiger partial charge in [0.15, 0.2) is 5.69 Å². The molecule has 2 aromatic heterocycles. The first-order valence-electron chi connectivity index (χ1n) is 6.97. The molecule has 0 radical (unpaired) electrons. The van der Waals surface area contributed by atoms with Gasteiger partial charge in [-0.15, -0.1) is 11.3 Å². The van der Waals surface area contributed by atoms with Crippen LogP contribution >= 0.6 is 11.3 Å². The van der Waals surface area contributed by atoms with E-state index in [4.69, 9.17) is 5.11 Å². The van der Waals surface area contributed by atoms with E-state index in [1.807, 2.05) is 24.3 Å². The Morgan fingerprint density at radius 1 is 1.41 bits per heavy atom. The molecule has 0 unspecified atom stereocenters. The first-order valence-corrected chi connectivity index (χ1v) is 7.79. The van der Waals surface area contributed by atoms with Crippen molar-refractivity contribution < 1.29 is 9.90 Å². The molecule has 2 heterocycles. The van der Waals surface area contributed by atoms with E-state index in [9.17, 15) is 4.79 Å². The van der Waals surface area contributed by atoms with E-state index in [2.05, 4.69) is 20.5 Å². The zero-order valence-corrected chi connectivity index (χ0v) is 12.9. The average molecular weight is 316 g/mol. The number of H-pyrrole nitrogens is 1. The lowest BCUT2D eigenvalue weighted by Crippen LogP contribution is -2.17. The Kier molecular flexibility index (Phi) is 4.17. The second-order valence-electron chi connectivity index (χ2n) is 4.96. The number of carboxylic acid groups (broad SMARTS) is 1. The molecule has 22 heavy (non-hydrogen) atoms. The van der Waals surface area contributed by atoms with Gasteiger partial charge >= 0.3 is 5.97 Å². The number of aromatic amines is 1. The zero-order valence-electron chi connectivity index (χ0n) is 12.1. The van der Waals surface area contributed by atoms with E-state index in [-0.39, 0.29) is 5.69 Å². The van der Waals surface area contributed by atoms with Crippen LogP contribution in [0, 0.1) is 6.92 Å². The SMILES string of the molecule is Cc1sc(CCNCc2[nH]nc3ccccc23)nc1C(=O)O.